The highest BCUT2D eigenvalue weighted by Crippen LogP contribution is 2.34. The molecule has 0 aromatic rings. The lowest BCUT2D eigenvalue weighted by Gasteiger charge is -2.30. The molecule has 3 N–H and O–H groups in total. The molecule has 0 aromatic carbocycles. The van der Waals surface area contributed by atoms with Crippen LogP contribution >= 0.6 is 0 Å². The molecule has 1 aliphatic carbocycles. The fourth-order valence-corrected chi connectivity index (χ4v) is 2.30. The van der Waals surface area contributed by atoms with Crippen molar-refractivity contribution < 1.29 is 14.7 Å². The summed E-state index contributed by atoms with van der Waals surface area (Å²) < 4.78 is 0. The number of hydrogen-bond acceptors (Lipinski definition) is 2. The number of carbonyl (C=O) groups is 2. The van der Waals surface area contributed by atoms with Gasteiger partial charge in [-0.25, -0.2) is 4.79 Å². The molecule has 0 bridgehead atoms. The van der Waals surface area contributed by atoms with Crippen molar-refractivity contribution in [3.8, 4) is 0 Å². The molecule has 5 nitrogen and oxygen atoms in total. The largest absolute Gasteiger partial charge is 0.481 e. The molecule has 0 heterocycles. The summed E-state index contributed by atoms with van der Waals surface area (Å²) in [5.74, 6) is -0.470. The fourth-order valence-electron chi connectivity index (χ4n) is 2.30. The van der Waals surface area contributed by atoms with Crippen LogP contribution in [0.5, 0.6) is 0 Å². The van der Waals surface area contributed by atoms with Crippen LogP contribution in [0.3, 0.4) is 0 Å². The minimum atomic E-state index is -0.758. The van der Waals surface area contributed by atoms with Crippen LogP contribution in [0.4, 0.5) is 4.79 Å². The minimum absolute atomic E-state index is 0.00316. The Balaban J connectivity index is 2.30. The summed E-state index contributed by atoms with van der Waals surface area (Å²) in [5, 5.41) is 14.6. The first-order valence-electron chi connectivity index (χ1n) is 7.40. The van der Waals surface area contributed by atoms with E-state index in [1.54, 1.807) is 0 Å². The maximum atomic E-state index is 11.7. The van der Waals surface area contributed by atoms with Crippen molar-refractivity contribution in [3.63, 3.8) is 0 Å². The zero-order valence-electron chi connectivity index (χ0n) is 13.1. The monoisotopic (exact) mass is 284 g/mol. The lowest BCUT2D eigenvalue weighted by molar-refractivity contribution is -0.137. The molecule has 5 heteroatoms. The van der Waals surface area contributed by atoms with Crippen LogP contribution in [0.25, 0.3) is 0 Å². The van der Waals surface area contributed by atoms with E-state index in [9.17, 15) is 9.59 Å². The van der Waals surface area contributed by atoms with Gasteiger partial charge in [0.1, 0.15) is 0 Å². The van der Waals surface area contributed by atoms with Crippen molar-refractivity contribution in [3.05, 3.63) is 0 Å². The van der Waals surface area contributed by atoms with Crippen molar-refractivity contribution in [2.45, 2.75) is 65.3 Å². The molecule has 1 atom stereocenters. The first-order valence-corrected chi connectivity index (χ1v) is 7.40. The van der Waals surface area contributed by atoms with Gasteiger partial charge in [0, 0.05) is 18.5 Å². The Morgan fingerprint density at radius 2 is 1.85 bits per heavy atom. The summed E-state index contributed by atoms with van der Waals surface area (Å²) in [4.78, 5) is 22.4. The average Bonchev–Trinajstić information content (AvgIpc) is 2.98. The highest BCUT2D eigenvalue weighted by molar-refractivity contribution is 5.75. The predicted octanol–water partition coefficient (Wildman–Crippen LogP) is 2.76. The Labute approximate surface area is 121 Å². The van der Waals surface area contributed by atoms with Crippen LogP contribution in [-0.4, -0.2) is 29.2 Å². The third kappa shape index (κ3) is 6.26. The number of carboxylic acids is 1. The van der Waals surface area contributed by atoms with Crippen LogP contribution in [0, 0.1) is 11.3 Å². The van der Waals surface area contributed by atoms with Crippen LogP contribution in [0.1, 0.15) is 59.8 Å². The number of hydrogen-bond donors (Lipinski definition) is 3. The molecule has 0 saturated heterocycles. The van der Waals surface area contributed by atoms with E-state index in [0.717, 1.165) is 19.3 Å². The normalized spacial score (nSPS) is 18.2. The Morgan fingerprint density at radius 1 is 1.25 bits per heavy atom. The number of aliphatic carboxylic acids is 1. The number of rotatable bonds is 7. The number of nitrogens with one attached hydrogen (secondary N) is 2. The topological polar surface area (TPSA) is 78.4 Å². The summed E-state index contributed by atoms with van der Waals surface area (Å²) in [6, 6.07) is -0.115. The molecule has 0 aliphatic heterocycles. The second-order valence-corrected chi connectivity index (χ2v) is 7.23. The van der Waals surface area contributed by atoms with Gasteiger partial charge in [-0.3, -0.25) is 4.79 Å². The van der Waals surface area contributed by atoms with Crippen LogP contribution < -0.4 is 10.6 Å². The molecule has 20 heavy (non-hydrogen) atoms. The number of amides is 2. The Morgan fingerprint density at radius 3 is 2.30 bits per heavy atom. The molecule has 1 unspecified atom stereocenters. The van der Waals surface area contributed by atoms with E-state index >= 15 is 0 Å². The van der Waals surface area contributed by atoms with E-state index in [-0.39, 0.29) is 29.3 Å². The van der Waals surface area contributed by atoms with E-state index in [4.69, 9.17) is 5.11 Å². The standard InChI is InChI=1S/C15H28N2O3/c1-14(2,3)11(5-6-12(18)19)7-10-16-13(20)17-15(4)8-9-15/h11H,5-10H2,1-4H3,(H,18,19)(H2,16,17,20). The second-order valence-electron chi connectivity index (χ2n) is 7.23. The van der Waals surface area contributed by atoms with Crippen molar-refractivity contribution in [1.82, 2.24) is 10.6 Å². The molecule has 2 amide bonds. The van der Waals surface area contributed by atoms with Gasteiger partial charge >= 0.3 is 12.0 Å². The van der Waals surface area contributed by atoms with Gasteiger partial charge in [0.25, 0.3) is 0 Å². The number of urea groups is 1. The average molecular weight is 284 g/mol. The van der Waals surface area contributed by atoms with Gasteiger partial charge in [0.2, 0.25) is 0 Å². The van der Waals surface area contributed by atoms with E-state index < -0.39 is 5.97 Å². The van der Waals surface area contributed by atoms with E-state index in [1.165, 1.54) is 0 Å². The SMILES string of the molecule is CC1(NC(=O)NCCC(CCC(=O)O)C(C)(C)C)CC1. The molecule has 1 aliphatic rings. The Bertz CT molecular complexity index is 357. The molecular formula is C15H28N2O3. The summed E-state index contributed by atoms with van der Waals surface area (Å²) in [5.41, 5.74) is 0.0485. The molecule has 0 spiro atoms. The molecule has 0 radical (unpaired) electrons. The maximum absolute atomic E-state index is 11.7. The van der Waals surface area contributed by atoms with Gasteiger partial charge in [0.05, 0.1) is 0 Å². The summed E-state index contributed by atoms with van der Waals surface area (Å²) in [6.07, 6.45) is 3.74. The predicted molar refractivity (Wildman–Crippen MR) is 78.6 cm³/mol. The van der Waals surface area contributed by atoms with Gasteiger partial charge < -0.3 is 15.7 Å². The van der Waals surface area contributed by atoms with Crippen molar-refractivity contribution >= 4 is 12.0 Å². The van der Waals surface area contributed by atoms with E-state index in [1.807, 2.05) is 6.92 Å². The molecule has 116 valence electrons. The summed E-state index contributed by atoms with van der Waals surface area (Å²) in [7, 11) is 0. The fraction of sp³-hybridized carbons (Fsp3) is 0.867. The lowest BCUT2D eigenvalue weighted by atomic mass is 9.76. The van der Waals surface area contributed by atoms with E-state index in [0.29, 0.717) is 13.0 Å². The third-order valence-corrected chi connectivity index (χ3v) is 4.13. The van der Waals surface area contributed by atoms with Crippen LogP contribution in [0.2, 0.25) is 0 Å². The molecule has 1 fully saturated rings. The Kier molecular flexibility index (Phi) is 5.42. The first-order chi connectivity index (χ1) is 9.12. The number of carbonyl (C=O) groups excluding carboxylic acids is 1. The minimum Gasteiger partial charge on any atom is -0.481 e. The van der Waals surface area contributed by atoms with E-state index in [2.05, 4.69) is 31.4 Å². The lowest BCUT2D eigenvalue weighted by Crippen LogP contribution is -2.43. The van der Waals surface area contributed by atoms with Crippen molar-refractivity contribution in [1.29, 1.82) is 0 Å². The van der Waals surface area contributed by atoms with Gasteiger partial charge in [-0.1, -0.05) is 20.8 Å². The zero-order chi connectivity index (χ0) is 15.4. The third-order valence-electron chi connectivity index (χ3n) is 4.13. The smallest absolute Gasteiger partial charge is 0.315 e. The van der Waals surface area contributed by atoms with Gasteiger partial charge in [-0.2, -0.15) is 0 Å². The number of carboxylic acid groups (broad SMARTS) is 1. The maximum Gasteiger partial charge on any atom is 0.315 e. The Hall–Kier alpha value is -1.26. The summed E-state index contributed by atoms with van der Waals surface area (Å²) in [6.45, 7) is 8.97. The summed E-state index contributed by atoms with van der Waals surface area (Å²) >= 11 is 0. The highest BCUT2D eigenvalue weighted by atomic mass is 16.4. The first kappa shape index (κ1) is 16.8. The molecular weight excluding hydrogens is 256 g/mol. The quantitative estimate of drug-likeness (QED) is 0.672. The van der Waals surface area contributed by atoms with Crippen molar-refractivity contribution in [2.24, 2.45) is 11.3 Å². The molecule has 0 aromatic heterocycles. The van der Waals surface area contributed by atoms with Crippen LogP contribution in [0.15, 0.2) is 0 Å². The van der Waals surface area contributed by atoms with Gasteiger partial charge in [-0.15, -0.1) is 0 Å². The van der Waals surface area contributed by atoms with Gasteiger partial charge in [0.15, 0.2) is 0 Å². The highest BCUT2D eigenvalue weighted by Gasteiger charge is 2.38. The van der Waals surface area contributed by atoms with Crippen LogP contribution in [-0.2, 0) is 4.79 Å². The van der Waals surface area contributed by atoms with Crippen molar-refractivity contribution in [2.75, 3.05) is 6.54 Å². The van der Waals surface area contributed by atoms with Gasteiger partial charge in [-0.05, 0) is 43.9 Å². The molecule has 1 saturated carbocycles. The second kappa shape index (κ2) is 6.46. The zero-order valence-corrected chi connectivity index (χ0v) is 13.1. The molecule has 1 rings (SSSR count).